The van der Waals surface area contributed by atoms with Gasteiger partial charge in [0, 0.05) is 37.4 Å². The summed E-state index contributed by atoms with van der Waals surface area (Å²) in [4.78, 5) is 28.2. The normalized spacial score (nSPS) is 13.5. The lowest BCUT2D eigenvalue weighted by atomic mass is 9.98. The first-order chi connectivity index (χ1) is 19.7. The van der Waals surface area contributed by atoms with E-state index in [0.29, 0.717) is 18.7 Å². The van der Waals surface area contributed by atoms with Crippen LogP contribution >= 0.6 is 0 Å². The SMILES string of the molecule is O=C(NC[C@H](C(=O)NCCN1CCc2cc(F)ccc21)c1ccccc1)c1ccc(-c2cccc(C(F)(F)F)c2)o1. The molecule has 0 bridgehead atoms. The number of anilines is 1. The number of nitrogens with zero attached hydrogens (tertiary/aromatic N) is 1. The van der Waals surface area contributed by atoms with Crippen LogP contribution in [0.1, 0.15) is 33.2 Å². The van der Waals surface area contributed by atoms with Crippen molar-refractivity contribution in [3.05, 3.63) is 113 Å². The number of carbonyl (C=O) groups excluding carboxylic acids is 2. The highest BCUT2D eigenvalue weighted by Gasteiger charge is 2.31. The summed E-state index contributed by atoms with van der Waals surface area (Å²) >= 11 is 0. The van der Waals surface area contributed by atoms with E-state index in [4.69, 9.17) is 4.42 Å². The minimum atomic E-state index is -4.51. The van der Waals surface area contributed by atoms with Crippen LogP contribution in [0.5, 0.6) is 0 Å². The lowest BCUT2D eigenvalue weighted by Gasteiger charge is -2.22. The number of amides is 2. The molecule has 0 aliphatic carbocycles. The molecule has 0 radical (unpaired) electrons. The zero-order valence-electron chi connectivity index (χ0n) is 21.9. The van der Waals surface area contributed by atoms with E-state index >= 15 is 0 Å². The third-order valence-corrected chi connectivity index (χ3v) is 7.00. The number of carbonyl (C=O) groups is 2. The van der Waals surface area contributed by atoms with E-state index in [1.165, 1.54) is 36.4 Å². The minimum Gasteiger partial charge on any atom is -0.451 e. The first kappa shape index (κ1) is 27.9. The van der Waals surface area contributed by atoms with Gasteiger partial charge in [0.2, 0.25) is 5.91 Å². The number of rotatable bonds is 9. The summed E-state index contributed by atoms with van der Waals surface area (Å²) < 4.78 is 58.3. The Morgan fingerprint density at radius 3 is 2.51 bits per heavy atom. The molecular formula is C31H27F4N3O3. The Balaban J connectivity index is 1.21. The molecular weight excluding hydrogens is 538 g/mol. The molecule has 41 heavy (non-hydrogen) atoms. The van der Waals surface area contributed by atoms with Gasteiger partial charge in [0.25, 0.3) is 5.91 Å². The average Bonchev–Trinajstić information content (AvgIpc) is 3.61. The zero-order chi connectivity index (χ0) is 29.0. The van der Waals surface area contributed by atoms with E-state index < -0.39 is 23.6 Å². The van der Waals surface area contributed by atoms with Crippen LogP contribution in [-0.4, -0.2) is 38.0 Å². The van der Waals surface area contributed by atoms with Gasteiger partial charge in [0.15, 0.2) is 5.76 Å². The van der Waals surface area contributed by atoms with E-state index in [0.717, 1.165) is 36.3 Å². The molecule has 1 aliphatic rings. The second-order valence-corrected chi connectivity index (χ2v) is 9.72. The highest BCUT2D eigenvalue weighted by Crippen LogP contribution is 2.33. The minimum absolute atomic E-state index is 0.0277. The maximum absolute atomic E-state index is 13.5. The van der Waals surface area contributed by atoms with Crippen LogP contribution in [0.4, 0.5) is 23.2 Å². The Morgan fingerprint density at radius 2 is 1.73 bits per heavy atom. The van der Waals surface area contributed by atoms with Crippen molar-refractivity contribution in [1.29, 1.82) is 0 Å². The molecule has 0 saturated heterocycles. The predicted octanol–water partition coefficient (Wildman–Crippen LogP) is 5.80. The quantitative estimate of drug-likeness (QED) is 0.252. The molecule has 4 aromatic rings. The molecule has 2 heterocycles. The van der Waals surface area contributed by atoms with Crippen molar-refractivity contribution in [2.24, 2.45) is 0 Å². The Labute approximate surface area is 234 Å². The third kappa shape index (κ3) is 6.59. The van der Waals surface area contributed by atoms with Crippen molar-refractivity contribution in [2.75, 3.05) is 31.1 Å². The monoisotopic (exact) mass is 565 g/mol. The molecule has 0 unspecified atom stereocenters. The topological polar surface area (TPSA) is 74.6 Å². The van der Waals surface area contributed by atoms with Crippen molar-refractivity contribution in [1.82, 2.24) is 10.6 Å². The fourth-order valence-electron chi connectivity index (χ4n) is 4.90. The Hall–Kier alpha value is -4.60. The van der Waals surface area contributed by atoms with Crippen molar-refractivity contribution in [2.45, 2.75) is 18.5 Å². The van der Waals surface area contributed by atoms with E-state index in [9.17, 15) is 27.2 Å². The molecule has 10 heteroatoms. The third-order valence-electron chi connectivity index (χ3n) is 7.00. The second kappa shape index (κ2) is 11.9. The van der Waals surface area contributed by atoms with Gasteiger partial charge in [-0.15, -0.1) is 0 Å². The Morgan fingerprint density at radius 1 is 0.927 bits per heavy atom. The van der Waals surface area contributed by atoms with Gasteiger partial charge in [-0.3, -0.25) is 9.59 Å². The summed E-state index contributed by atoms with van der Waals surface area (Å²) in [5, 5.41) is 5.64. The van der Waals surface area contributed by atoms with Crippen LogP contribution in [0.3, 0.4) is 0 Å². The summed E-state index contributed by atoms with van der Waals surface area (Å²) in [6.45, 7) is 1.60. The molecule has 0 saturated carbocycles. The fraction of sp³-hybridized carbons (Fsp3) is 0.226. The highest BCUT2D eigenvalue weighted by molar-refractivity contribution is 5.93. The molecule has 1 aromatic heterocycles. The molecule has 2 amide bonds. The predicted molar refractivity (Wildman–Crippen MR) is 146 cm³/mol. The zero-order valence-corrected chi connectivity index (χ0v) is 21.9. The molecule has 1 atom stereocenters. The molecule has 212 valence electrons. The van der Waals surface area contributed by atoms with Gasteiger partial charge < -0.3 is 20.0 Å². The fourth-order valence-corrected chi connectivity index (χ4v) is 4.90. The van der Waals surface area contributed by atoms with Crippen molar-refractivity contribution >= 4 is 17.5 Å². The lowest BCUT2D eigenvalue weighted by Crippen LogP contribution is -2.40. The lowest BCUT2D eigenvalue weighted by molar-refractivity contribution is -0.137. The van der Waals surface area contributed by atoms with Crippen LogP contribution in [0.15, 0.2) is 89.3 Å². The van der Waals surface area contributed by atoms with Gasteiger partial charge >= 0.3 is 6.18 Å². The summed E-state index contributed by atoms with van der Waals surface area (Å²) in [6, 6.07) is 21.1. The molecule has 6 nitrogen and oxygen atoms in total. The number of furan rings is 1. The Bertz CT molecular complexity index is 1540. The van der Waals surface area contributed by atoms with E-state index in [1.807, 2.05) is 6.07 Å². The number of benzene rings is 3. The summed E-state index contributed by atoms with van der Waals surface area (Å²) in [5.41, 5.74) is 1.96. The molecule has 5 rings (SSSR count). The number of halogens is 4. The van der Waals surface area contributed by atoms with Crippen molar-refractivity contribution < 1.29 is 31.6 Å². The van der Waals surface area contributed by atoms with Crippen LogP contribution in [0, 0.1) is 5.82 Å². The van der Waals surface area contributed by atoms with Gasteiger partial charge in [0.1, 0.15) is 11.6 Å². The van der Waals surface area contributed by atoms with Crippen LogP contribution in [0.25, 0.3) is 11.3 Å². The Kier molecular flexibility index (Phi) is 8.09. The van der Waals surface area contributed by atoms with Gasteiger partial charge in [-0.2, -0.15) is 13.2 Å². The largest absolute Gasteiger partial charge is 0.451 e. The number of alkyl halides is 3. The molecule has 2 N–H and O–H groups in total. The van der Waals surface area contributed by atoms with Crippen LogP contribution in [-0.2, 0) is 17.4 Å². The van der Waals surface area contributed by atoms with Crippen LogP contribution < -0.4 is 15.5 Å². The van der Waals surface area contributed by atoms with Crippen molar-refractivity contribution in [3.63, 3.8) is 0 Å². The number of hydrogen-bond donors (Lipinski definition) is 2. The van der Waals surface area contributed by atoms with Gasteiger partial charge in [0.05, 0.1) is 11.5 Å². The van der Waals surface area contributed by atoms with Crippen LogP contribution in [0.2, 0.25) is 0 Å². The first-order valence-electron chi connectivity index (χ1n) is 13.1. The number of fused-ring (bicyclic) bond motifs is 1. The second-order valence-electron chi connectivity index (χ2n) is 9.72. The van der Waals surface area contributed by atoms with Gasteiger partial charge in [-0.05, 0) is 60.0 Å². The summed E-state index contributed by atoms with van der Waals surface area (Å²) in [7, 11) is 0. The van der Waals surface area contributed by atoms with Crippen molar-refractivity contribution in [3.8, 4) is 11.3 Å². The summed E-state index contributed by atoms with van der Waals surface area (Å²) in [5.74, 6) is -1.82. The number of nitrogens with one attached hydrogen (secondary N) is 2. The van der Waals surface area contributed by atoms with E-state index in [-0.39, 0.29) is 35.4 Å². The summed E-state index contributed by atoms with van der Waals surface area (Å²) in [6.07, 6.45) is -3.77. The molecule has 3 aromatic carbocycles. The van der Waals surface area contributed by atoms with E-state index in [1.54, 1.807) is 30.3 Å². The maximum Gasteiger partial charge on any atom is 0.416 e. The first-order valence-corrected chi connectivity index (χ1v) is 13.1. The standard InChI is InChI=1S/C31H27F4N3O3/c32-24-9-10-26-21(18-24)13-15-38(26)16-14-36-29(39)25(20-5-2-1-3-6-20)19-37-30(40)28-12-11-27(41-28)22-7-4-8-23(17-22)31(33,34)35/h1-12,17-18,25H,13-16,19H2,(H,36,39)(H,37,40)/t25-/m0/s1. The molecule has 0 fully saturated rings. The molecule has 1 aliphatic heterocycles. The van der Waals surface area contributed by atoms with Gasteiger partial charge in [-0.25, -0.2) is 4.39 Å². The number of hydrogen-bond acceptors (Lipinski definition) is 4. The highest BCUT2D eigenvalue weighted by atomic mass is 19.4. The maximum atomic E-state index is 13.5. The smallest absolute Gasteiger partial charge is 0.416 e. The van der Waals surface area contributed by atoms with E-state index in [2.05, 4.69) is 15.5 Å². The molecule has 0 spiro atoms. The average molecular weight is 566 g/mol. The van der Waals surface area contributed by atoms with Gasteiger partial charge in [-0.1, -0.05) is 42.5 Å².